The van der Waals surface area contributed by atoms with E-state index in [1.807, 2.05) is 30.3 Å². The number of methoxy groups -OCH3 is 1. The highest BCUT2D eigenvalue weighted by Gasteiger charge is 2.23. The summed E-state index contributed by atoms with van der Waals surface area (Å²) in [7, 11) is 1.65. The molecule has 0 atom stereocenters. The number of pyridine rings is 1. The van der Waals surface area contributed by atoms with E-state index in [1.165, 1.54) is 5.56 Å². The van der Waals surface area contributed by atoms with Crippen LogP contribution in [0, 0.1) is 0 Å². The maximum absolute atomic E-state index is 12.7. The van der Waals surface area contributed by atoms with E-state index in [9.17, 15) is 4.79 Å². The van der Waals surface area contributed by atoms with Crippen molar-refractivity contribution in [1.82, 2.24) is 4.98 Å². The number of amides is 1. The SMILES string of the molecule is COc1ccc2cc3c(nc2c1)N(c1ccc(C(=O)Nc2cc(Cl)ccc2Cl)cc1)CC3. The molecule has 160 valence electrons. The lowest BCUT2D eigenvalue weighted by Crippen LogP contribution is -2.15. The number of nitrogens with one attached hydrogen (secondary N) is 1. The number of ether oxygens (including phenoxy) is 1. The number of carbonyl (C=O) groups is 1. The van der Waals surface area contributed by atoms with Crippen molar-refractivity contribution in [2.24, 2.45) is 0 Å². The van der Waals surface area contributed by atoms with Crippen LogP contribution in [0.4, 0.5) is 17.2 Å². The maximum Gasteiger partial charge on any atom is 0.255 e. The number of carbonyl (C=O) groups excluding carboxylic acids is 1. The zero-order chi connectivity index (χ0) is 22.2. The zero-order valence-electron chi connectivity index (χ0n) is 17.2. The number of hydrogen-bond donors (Lipinski definition) is 1. The molecule has 32 heavy (non-hydrogen) atoms. The van der Waals surface area contributed by atoms with Crippen molar-refractivity contribution in [1.29, 1.82) is 0 Å². The molecular weight excluding hydrogens is 445 g/mol. The van der Waals surface area contributed by atoms with Crippen molar-refractivity contribution in [2.45, 2.75) is 6.42 Å². The molecule has 0 unspecified atom stereocenters. The third-order valence-corrected chi connectivity index (χ3v) is 6.12. The molecule has 5 rings (SSSR count). The van der Waals surface area contributed by atoms with Gasteiger partial charge in [-0.25, -0.2) is 4.98 Å². The van der Waals surface area contributed by atoms with Crippen molar-refractivity contribution >= 4 is 57.2 Å². The van der Waals surface area contributed by atoms with E-state index in [0.717, 1.165) is 41.1 Å². The highest BCUT2D eigenvalue weighted by atomic mass is 35.5. The molecule has 7 heteroatoms. The van der Waals surface area contributed by atoms with Crippen LogP contribution in [0.1, 0.15) is 15.9 Å². The molecule has 0 aliphatic carbocycles. The number of fused-ring (bicyclic) bond motifs is 2. The standard InChI is InChI=1S/C25H19Cl2N3O2/c1-32-20-8-4-16-12-17-10-11-30(24(17)28-22(16)14-20)19-6-2-15(3-7-19)25(31)29-23-13-18(26)5-9-21(23)27/h2-9,12-14H,10-11H2,1H3,(H,29,31). The molecule has 5 nitrogen and oxygen atoms in total. The minimum Gasteiger partial charge on any atom is -0.497 e. The van der Waals surface area contributed by atoms with Gasteiger partial charge in [-0.3, -0.25) is 4.79 Å². The number of rotatable bonds is 4. The summed E-state index contributed by atoms with van der Waals surface area (Å²) >= 11 is 12.2. The van der Waals surface area contributed by atoms with Gasteiger partial charge in [-0.2, -0.15) is 0 Å². The molecule has 1 aromatic heterocycles. The van der Waals surface area contributed by atoms with Crippen LogP contribution in [0.2, 0.25) is 10.0 Å². The highest BCUT2D eigenvalue weighted by Crippen LogP contribution is 2.36. The second-order valence-corrected chi connectivity index (χ2v) is 8.40. The third kappa shape index (κ3) is 3.85. The fourth-order valence-electron chi connectivity index (χ4n) is 3.90. The van der Waals surface area contributed by atoms with Crippen LogP contribution in [-0.2, 0) is 6.42 Å². The second kappa shape index (κ2) is 8.34. The lowest BCUT2D eigenvalue weighted by atomic mass is 10.1. The van der Waals surface area contributed by atoms with Crippen LogP contribution in [-0.4, -0.2) is 24.5 Å². The summed E-state index contributed by atoms with van der Waals surface area (Å²) in [5.74, 6) is 1.47. The minimum absolute atomic E-state index is 0.251. The van der Waals surface area contributed by atoms with Crippen molar-refractivity contribution in [3.05, 3.63) is 87.9 Å². The minimum atomic E-state index is -0.251. The summed E-state index contributed by atoms with van der Waals surface area (Å²) in [6.45, 7) is 0.833. The molecule has 0 bridgehead atoms. The fourth-order valence-corrected chi connectivity index (χ4v) is 4.23. The van der Waals surface area contributed by atoms with Gasteiger partial charge < -0.3 is 15.0 Å². The summed E-state index contributed by atoms with van der Waals surface area (Å²) in [5.41, 5.74) is 4.09. The van der Waals surface area contributed by atoms with Gasteiger partial charge in [0.25, 0.3) is 5.91 Å². The molecule has 1 amide bonds. The third-order valence-electron chi connectivity index (χ3n) is 5.56. The molecule has 1 aliphatic rings. The zero-order valence-corrected chi connectivity index (χ0v) is 18.7. The molecule has 0 radical (unpaired) electrons. The van der Waals surface area contributed by atoms with Crippen molar-refractivity contribution < 1.29 is 9.53 Å². The molecule has 3 aromatic carbocycles. The van der Waals surface area contributed by atoms with Gasteiger partial charge in [0.15, 0.2) is 0 Å². The number of benzene rings is 3. The van der Waals surface area contributed by atoms with Crippen LogP contribution >= 0.6 is 23.2 Å². The van der Waals surface area contributed by atoms with Crippen LogP contribution in [0.3, 0.4) is 0 Å². The molecule has 4 aromatic rings. The second-order valence-electron chi connectivity index (χ2n) is 7.56. The number of aromatic nitrogens is 1. The quantitative estimate of drug-likeness (QED) is 0.375. The lowest BCUT2D eigenvalue weighted by Gasteiger charge is -2.19. The van der Waals surface area contributed by atoms with Gasteiger partial charge in [-0.1, -0.05) is 23.2 Å². The number of nitrogens with zero attached hydrogens (tertiary/aromatic N) is 2. The van der Waals surface area contributed by atoms with E-state index in [2.05, 4.69) is 16.3 Å². The van der Waals surface area contributed by atoms with Crippen LogP contribution in [0.25, 0.3) is 10.9 Å². The maximum atomic E-state index is 12.7. The van der Waals surface area contributed by atoms with Crippen molar-refractivity contribution in [3.63, 3.8) is 0 Å². The van der Waals surface area contributed by atoms with E-state index in [1.54, 1.807) is 37.4 Å². The average molecular weight is 464 g/mol. The Morgan fingerprint density at radius 3 is 2.62 bits per heavy atom. The number of anilines is 3. The first-order chi connectivity index (χ1) is 15.5. The van der Waals surface area contributed by atoms with Crippen molar-refractivity contribution in [3.8, 4) is 5.75 Å². The fraction of sp³-hybridized carbons (Fsp3) is 0.120. The predicted molar refractivity (Wildman–Crippen MR) is 130 cm³/mol. The topological polar surface area (TPSA) is 54.5 Å². The molecule has 0 saturated carbocycles. The first kappa shape index (κ1) is 20.6. The molecule has 2 heterocycles. The Morgan fingerprint density at radius 1 is 1.03 bits per heavy atom. The van der Waals surface area contributed by atoms with Crippen molar-refractivity contribution in [2.75, 3.05) is 23.9 Å². The summed E-state index contributed by atoms with van der Waals surface area (Å²) < 4.78 is 5.34. The van der Waals surface area contributed by atoms with Gasteiger partial charge in [-0.15, -0.1) is 0 Å². The molecule has 0 spiro atoms. The number of halogens is 2. The summed E-state index contributed by atoms with van der Waals surface area (Å²) in [5, 5.41) is 4.84. The summed E-state index contributed by atoms with van der Waals surface area (Å²) in [4.78, 5) is 19.7. The Kier molecular flexibility index (Phi) is 5.37. The first-order valence-electron chi connectivity index (χ1n) is 10.1. The average Bonchev–Trinajstić information content (AvgIpc) is 3.22. The van der Waals surface area contributed by atoms with E-state index in [4.69, 9.17) is 32.9 Å². The van der Waals surface area contributed by atoms with Gasteiger partial charge in [0.1, 0.15) is 11.6 Å². The Labute approximate surface area is 195 Å². The molecule has 0 saturated heterocycles. The Bertz CT molecular complexity index is 1340. The van der Waals surface area contributed by atoms with Crippen LogP contribution in [0.5, 0.6) is 5.75 Å². The monoisotopic (exact) mass is 463 g/mol. The van der Waals surface area contributed by atoms with E-state index < -0.39 is 0 Å². The van der Waals surface area contributed by atoms with E-state index in [0.29, 0.717) is 21.3 Å². The molecule has 1 aliphatic heterocycles. The molecule has 1 N–H and O–H groups in total. The summed E-state index contributed by atoms with van der Waals surface area (Å²) in [6, 6.07) is 20.5. The van der Waals surface area contributed by atoms with E-state index >= 15 is 0 Å². The Morgan fingerprint density at radius 2 is 1.84 bits per heavy atom. The highest BCUT2D eigenvalue weighted by molar-refractivity contribution is 6.35. The van der Waals surface area contributed by atoms with Gasteiger partial charge in [0.2, 0.25) is 0 Å². The first-order valence-corrected chi connectivity index (χ1v) is 10.9. The van der Waals surface area contributed by atoms with Gasteiger partial charge in [-0.05, 0) is 72.6 Å². The molecular formula is C25H19Cl2N3O2. The Balaban J connectivity index is 1.40. The smallest absolute Gasteiger partial charge is 0.255 e. The Hall–Kier alpha value is -3.28. The number of hydrogen-bond acceptors (Lipinski definition) is 4. The van der Waals surface area contributed by atoms with Crippen LogP contribution < -0.4 is 15.0 Å². The lowest BCUT2D eigenvalue weighted by molar-refractivity contribution is 0.102. The van der Waals surface area contributed by atoms with Crippen LogP contribution in [0.15, 0.2) is 66.7 Å². The van der Waals surface area contributed by atoms with Gasteiger partial charge >= 0.3 is 0 Å². The van der Waals surface area contributed by atoms with Gasteiger partial charge in [0, 0.05) is 34.3 Å². The molecule has 0 fully saturated rings. The van der Waals surface area contributed by atoms with E-state index in [-0.39, 0.29) is 5.91 Å². The predicted octanol–water partition coefficient (Wildman–Crippen LogP) is 6.50. The largest absolute Gasteiger partial charge is 0.497 e. The summed E-state index contributed by atoms with van der Waals surface area (Å²) in [6.07, 6.45) is 0.916. The normalized spacial score (nSPS) is 12.7. The van der Waals surface area contributed by atoms with Gasteiger partial charge in [0.05, 0.1) is 23.3 Å².